The number of imidazole rings is 1. The molecule has 1 aliphatic heterocycles. The van der Waals surface area contributed by atoms with Crippen molar-refractivity contribution in [1.82, 2.24) is 19.4 Å². The van der Waals surface area contributed by atoms with Gasteiger partial charge in [-0.25, -0.2) is 4.98 Å². The van der Waals surface area contributed by atoms with Crippen LogP contribution in [0.2, 0.25) is 0 Å². The number of hydrogen-bond donors (Lipinski definition) is 1. The fourth-order valence-corrected chi connectivity index (χ4v) is 3.12. The number of aromatic nitrogens is 2. The molecule has 1 fully saturated rings. The normalized spacial score (nSPS) is 19.2. The first-order valence-corrected chi connectivity index (χ1v) is 8.30. The number of carbonyl (C=O) groups excluding carboxylic acids is 1. The van der Waals surface area contributed by atoms with E-state index in [2.05, 4.69) is 26.6 Å². The third-order valence-corrected chi connectivity index (χ3v) is 4.41. The summed E-state index contributed by atoms with van der Waals surface area (Å²) < 4.78 is 2.13. The van der Waals surface area contributed by atoms with Crippen molar-refractivity contribution in [2.24, 2.45) is 0 Å². The Balaban J connectivity index is 1.66. The van der Waals surface area contributed by atoms with Crippen LogP contribution < -0.4 is 0 Å². The van der Waals surface area contributed by atoms with Crippen LogP contribution in [0.4, 0.5) is 0 Å². The smallest absolute Gasteiger partial charge is 0.219 e. The molecule has 1 saturated heterocycles. The molecule has 6 heteroatoms. The van der Waals surface area contributed by atoms with Crippen molar-refractivity contribution in [3.63, 3.8) is 0 Å². The van der Waals surface area contributed by atoms with Gasteiger partial charge in [0, 0.05) is 52.4 Å². The molecule has 1 aliphatic rings. The van der Waals surface area contributed by atoms with Gasteiger partial charge in [0.1, 0.15) is 0 Å². The molecule has 2 aromatic rings. The molecule has 1 aromatic carbocycles. The van der Waals surface area contributed by atoms with Crippen molar-refractivity contribution in [3.05, 3.63) is 54.1 Å². The summed E-state index contributed by atoms with van der Waals surface area (Å²) in [4.78, 5) is 19.7. The van der Waals surface area contributed by atoms with E-state index in [0.29, 0.717) is 19.6 Å². The molecule has 0 aliphatic carbocycles. The Morgan fingerprint density at radius 3 is 2.75 bits per heavy atom. The Labute approximate surface area is 142 Å². The highest BCUT2D eigenvalue weighted by Crippen LogP contribution is 2.12. The molecular weight excluding hydrogens is 304 g/mol. The molecule has 6 nitrogen and oxygen atoms in total. The van der Waals surface area contributed by atoms with Crippen molar-refractivity contribution in [1.29, 1.82) is 0 Å². The number of amides is 1. The quantitative estimate of drug-likeness (QED) is 0.908. The van der Waals surface area contributed by atoms with E-state index in [1.54, 1.807) is 11.8 Å². The average molecular weight is 328 g/mol. The van der Waals surface area contributed by atoms with Gasteiger partial charge in [0.15, 0.2) is 0 Å². The van der Waals surface area contributed by atoms with Crippen molar-refractivity contribution >= 4 is 5.91 Å². The number of aliphatic hydroxyl groups excluding tert-OH is 1. The summed E-state index contributed by atoms with van der Waals surface area (Å²) in [5, 5.41) is 10.2. The molecule has 0 bridgehead atoms. The van der Waals surface area contributed by atoms with E-state index < -0.39 is 6.10 Å². The van der Waals surface area contributed by atoms with Crippen LogP contribution in [0.3, 0.4) is 0 Å². The van der Waals surface area contributed by atoms with Crippen LogP contribution in [0.25, 0.3) is 0 Å². The van der Waals surface area contributed by atoms with Gasteiger partial charge in [0.05, 0.1) is 18.1 Å². The van der Waals surface area contributed by atoms with Crippen LogP contribution in [-0.2, 0) is 17.9 Å². The fourth-order valence-electron chi connectivity index (χ4n) is 3.12. The van der Waals surface area contributed by atoms with E-state index in [4.69, 9.17) is 0 Å². The van der Waals surface area contributed by atoms with Crippen LogP contribution in [0.5, 0.6) is 0 Å². The predicted octanol–water partition coefficient (Wildman–Crippen LogP) is 0.956. The maximum atomic E-state index is 11.6. The van der Waals surface area contributed by atoms with Crippen molar-refractivity contribution in [3.8, 4) is 0 Å². The van der Waals surface area contributed by atoms with Gasteiger partial charge in [-0.3, -0.25) is 9.69 Å². The van der Waals surface area contributed by atoms with E-state index in [-0.39, 0.29) is 5.91 Å². The second-order valence-electron chi connectivity index (χ2n) is 6.35. The number of aliphatic hydroxyl groups is 1. The first-order valence-electron chi connectivity index (χ1n) is 8.30. The lowest BCUT2D eigenvalue weighted by atomic mass is 10.2. The second kappa shape index (κ2) is 7.59. The molecule has 0 spiro atoms. The number of hydrogen-bond acceptors (Lipinski definition) is 4. The second-order valence-corrected chi connectivity index (χ2v) is 6.35. The van der Waals surface area contributed by atoms with Gasteiger partial charge < -0.3 is 14.6 Å². The minimum Gasteiger partial charge on any atom is -0.390 e. The van der Waals surface area contributed by atoms with E-state index in [1.165, 1.54) is 5.56 Å². The molecule has 0 radical (unpaired) electrons. The summed E-state index contributed by atoms with van der Waals surface area (Å²) in [6.07, 6.45) is 3.21. The van der Waals surface area contributed by atoms with Crippen LogP contribution >= 0.6 is 0 Å². The molecule has 2 heterocycles. The highest BCUT2D eigenvalue weighted by molar-refractivity contribution is 5.73. The molecule has 1 amide bonds. The minimum absolute atomic E-state index is 0.0185. The van der Waals surface area contributed by atoms with Crippen LogP contribution in [-0.4, -0.2) is 62.6 Å². The molecule has 3 rings (SSSR count). The zero-order valence-corrected chi connectivity index (χ0v) is 14.0. The third kappa shape index (κ3) is 4.21. The molecule has 0 saturated carbocycles. The van der Waals surface area contributed by atoms with E-state index in [1.807, 2.05) is 30.7 Å². The third-order valence-electron chi connectivity index (χ3n) is 4.41. The van der Waals surface area contributed by atoms with Crippen molar-refractivity contribution < 1.29 is 9.90 Å². The van der Waals surface area contributed by atoms with E-state index >= 15 is 0 Å². The highest BCUT2D eigenvalue weighted by Gasteiger charge is 2.23. The summed E-state index contributed by atoms with van der Waals surface area (Å²) in [6, 6.07) is 10.3. The SMILES string of the molecule is CC(=O)N1CCN(Cc2cncn2Cc2ccccc2)C[C@H](O)C1. The Morgan fingerprint density at radius 1 is 1.21 bits per heavy atom. The lowest BCUT2D eigenvalue weighted by Gasteiger charge is -2.21. The lowest BCUT2D eigenvalue weighted by Crippen LogP contribution is -2.36. The van der Waals surface area contributed by atoms with Gasteiger partial charge in [0.2, 0.25) is 5.91 Å². The molecule has 24 heavy (non-hydrogen) atoms. The van der Waals surface area contributed by atoms with Crippen LogP contribution in [0, 0.1) is 0 Å². The molecule has 1 N–H and O–H groups in total. The summed E-state index contributed by atoms with van der Waals surface area (Å²) in [7, 11) is 0. The predicted molar refractivity (Wildman–Crippen MR) is 91.3 cm³/mol. The molecule has 128 valence electrons. The summed E-state index contributed by atoms with van der Waals surface area (Å²) in [6.45, 7) is 5.45. The van der Waals surface area contributed by atoms with E-state index in [9.17, 15) is 9.90 Å². The van der Waals surface area contributed by atoms with Gasteiger partial charge in [0.25, 0.3) is 0 Å². The minimum atomic E-state index is -0.512. The fraction of sp³-hybridized carbons (Fsp3) is 0.444. The number of rotatable bonds is 4. The van der Waals surface area contributed by atoms with Crippen LogP contribution in [0.15, 0.2) is 42.9 Å². The molecule has 0 unspecified atom stereocenters. The molecule has 1 atom stereocenters. The van der Waals surface area contributed by atoms with E-state index in [0.717, 1.165) is 25.3 Å². The van der Waals surface area contributed by atoms with Gasteiger partial charge in [-0.1, -0.05) is 30.3 Å². The molecular formula is C18H24N4O2. The monoisotopic (exact) mass is 328 g/mol. The standard InChI is InChI=1S/C18H24N4O2/c1-15(23)21-8-7-20(12-18(24)13-21)11-17-9-19-14-22(17)10-16-5-3-2-4-6-16/h2-6,9,14,18,24H,7-8,10-13H2,1H3/t18-/m0/s1. The zero-order chi connectivity index (χ0) is 16.9. The summed E-state index contributed by atoms with van der Waals surface area (Å²) in [5.41, 5.74) is 2.35. The average Bonchev–Trinajstić information content (AvgIpc) is 2.88. The maximum Gasteiger partial charge on any atom is 0.219 e. The van der Waals surface area contributed by atoms with Crippen LogP contribution in [0.1, 0.15) is 18.2 Å². The van der Waals surface area contributed by atoms with Gasteiger partial charge >= 0.3 is 0 Å². The number of carbonyl (C=O) groups is 1. The Hall–Kier alpha value is -2.18. The van der Waals surface area contributed by atoms with Crippen molar-refractivity contribution in [2.45, 2.75) is 26.1 Å². The molecule has 1 aromatic heterocycles. The lowest BCUT2D eigenvalue weighted by molar-refractivity contribution is -0.129. The summed E-state index contributed by atoms with van der Waals surface area (Å²) in [5.74, 6) is 0.0185. The van der Waals surface area contributed by atoms with Crippen molar-refractivity contribution in [2.75, 3.05) is 26.2 Å². The Bertz CT molecular complexity index is 671. The summed E-state index contributed by atoms with van der Waals surface area (Å²) >= 11 is 0. The Morgan fingerprint density at radius 2 is 2.00 bits per heavy atom. The number of β-amino-alcohol motifs (C(OH)–C–C–N with tert-alkyl or cyclic N) is 1. The number of benzene rings is 1. The zero-order valence-electron chi connectivity index (χ0n) is 14.0. The largest absolute Gasteiger partial charge is 0.390 e. The first-order chi connectivity index (χ1) is 11.6. The van der Waals surface area contributed by atoms with Gasteiger partial charge in [-0.2, -0.15) is 0 Å². The van der Waals surface area contributed by atoms with Gasteiger partial charge in [-0.05, 0) is 5.56 Å². The topological polar surface area (TPSA) is 61.6 Å². The van der Waals surface area contributed by atoms with Gasteiger partial charge in [-0.15, -0.1) is 0 Å². The highest BCUT2D eigenvalue weighted by atomic mass is 16.3. The maximum absolute atomic E-state index is 11.6. The first kappa shape index (κ1) is 16.7. The number of nitrogens with zero attached hydrogens (tertiary/aromatic N) is 4. The Kier molecular flexibility index (Phi) is 5.27.